The van der Waals surface area contributed by atoms with Gasteiger partial charge < -0.3 is 9.81 Å². The SMILES string of the molecule is CC.Cc1ccc(/C=C/c2ccc(C)cc2S(=O)(=O)[O-])c(SOO[O-])c1. The summed E-state index contributed by atoms with van der Waals surface area (Å²) in [5, 5.41) is 13.4. The van der Waals surface area contributed by atoms with Crippen LogP contribution in [0, 0.1) is 13.8 Å². The molecular formula is C18H20O6S2-2. The fourth-order valence-corrected chi connectivity index (χ4v) is 3.40. The smallest absolute Gasteiger partial charge is 0.125 e. The zero-order valence-electron chi connectivity index (χ0n) is 14.9. The van der Waals surface area contributed by atoms with E-state index in [2.05, 4.69) is 9.37 Å². The van der Waals surface area contributed by atoms with Crippen LogP contribution in [-0.2, 0) is 19.5 Å². The van der Waals surface area contributed by atoms with Gasteiger partial charge in [-0.2, -0.15) is 4.33 Å². The van der Waals surface area contributed by atoms with E-state index in [-0.39, 0.29) is 10.5 Å². The number of aryl methyl sites for hydroxylation is 2. The van der Waals surface area contributed by atoms with Crippen LogP contribution in [0.1, 0.15) is 36.1 Å². The largest absolute Gasteiger partial charge is 0.744 e. The van der Waals surface area contributed by atoms with Crippen LogP contribution in [0.2, 0.25) is 0 Å². The highest BCUT2D eigenvalue weighted by Crippen LogP contribution is 2.27. The normalized spacial score (nSPS) is 11.3. The van der Waals surface area contributed by atoms with Crippen molar-refractivity contribution in [3.05, 3.63) is 58.7 Å². The first-order chi connectivity index (χ1) is 12.3. The summed E-state index contributed by atoms with van der Waals surface area (Å²) >= 11 is 0.743. The average molecular weight is 396 g/mol. The molecule has 0 spiro atoms. The van der Waals surface area contributed by atoms with E-state index in [1.165, 1.54) is 12.1 Å². The second-order valence-electron chi connectivity index (χ2n) is 5.09. The maximum Gasteiger partial charge on any atom is 0.125 e. The topological polar surface area (TPSA) is 98.7 Å². The molecule has 0 aliphatic rings. The van der Waals surface area contributed by atoms with Crippen molar-refractivity contribution in [2.45, 2.75) is 37.5 Å². The first kappa shape index (κ1) is 22.4. The van der Waals surface area contributed by atoms with Gasteiger partial charge in [0.2, 0.25) is 0 Å². The van der Waals surface area contributed by atoms with Gasteiger partial charge in [-0.1, -0.05) is 50.3 Å². The lowest BCUT2D eigenvalue weighted by Gasteiger charge is -2.12. The van der Waals surface area contributed by atoms with E-state index in [1.54, 1.807) is 37.3 Å². The standard InChI is InChI=1S/C16H16O6S2.C2H6/c1-11-3-5-13(15(9-11)23-22-21-17)7-8-14-6-4-12(2)10-16(14)24(18,19)20;1-2/h3-10,17H,1-2H3,(H,18,19,20);1-2H3/p-2/b8-7+;. The highest BCUT2D eigenvalue weighted by molar-refractivity contribution is 7.94. The molecule has 2 rings (SSSR count). The molecule has 8 heteroatoms. The molecule has 0 aromatic heterocycles. The summed E-state index contributed by atoms with van der Waals surface area (Å²) in [6.45, 7) is 7.58. The number of hydrogen-bond acceptors (Lipinski definition) is 7. The zero-order chi connectivity index (χ0) is 19.7. The van der Waals surface area contributed by atoms with E-state index in [0.717, 1.165) is 17.6 Å². The maximum absolute atomic E-state index is 11.4. The maximum atomic E-state index is 11.4. The minimum absolute atomic E-state index is 0.279. The molecule has 0 aliphatic carbocycles. The molecule has 2 aromatic carbocycles. The van der Waals surface area contributed by atoms with Gasteiger partial charge in [-0.15, -0.1) is 0 Å². The van der Waals surface area contributed by atoms with Crippen LogP contribution >= 0.6 is 12.0 Å². The Morgan fingerprint density at radius 2 is 1.50 bits per heavy atom. The molecule has 0 saturated carbocycles. The summed E-state index contributed by atoms with van der Waals surface area (Å²) in [5.74, 6) is 0. The van der Waals surface area contributed by atoms with Crippen molar-refractivity contribution < 1.29 is 27.6 Å². The number of benzene rings is 2. The Kier molecular flexibility index (Phi) is 9.00. The zero-order valence-corrected chi connectivity index (χ0v) is 16.5. The van der Waals surface area contributed by atoms with Crippen molar-refractivity contribution in [1.82, 2.24) is 0 Å². The third-order valence-corrected chi connectivity index (χ3v) is 4.75. The molecule has 0 atom stereocenters. The molecule has 2 aromatic rings. The molecular weight excluding hydrogens is 376 g/mol. The molecule has 0 aliphatic heterocycles. The Hall–Kier alpha value is -1.68. The van der Waals surface area contributed by atoms with Gasteiger partial charge in [-0.3, -0.25) is 5.04 Å². The highest BCUT2D eigenvalue weighted by atomic mass is 32.2. The molecule has 0 amide bonds. The first-order valence-electron chi connectivity index (χ1n) is 7.79. The van der Waals surface area contributed by atoms with Gasteiger partial charge >= 0.3 is 0 Å². The third kappa shape index (κ3) is 6.56. The van der Waals surface area contributed by atoms with Crippen LogP contribution in [0.4, 0.5) is 0 Å². The van der Waals surface area contributed by atoms with Gasteiger partial charge in [0, 0.05) is 4.90 Å². The van der Waals surface area contributed by atoms with Crippen LogP contribution in [0.25, 0.3) is 12.2 Å². The summed E-state index contributed by atoms with van der Waals surface area (Å²) in [6.07, 6.45) is 3.16. The van der Waals surface area contributed by atoms with Gasteiger partial charge in [-0.25, -0.2) is 8.42 Å². The Labute approximate surface area is 158 Å². The summed E-state index contributed by atoms with van der Waals surface area (Å²) in [4.78, 5) is 0.333. The van der Waals surface area contributed by atoms with Crippen LogP contribution in [0.3, 0.4) is 0 Å². The third-order valence-electron chi connectivity index (χ3n) is 3.20. The Bertz CT molecular complexity index is 860. The first-order valence-corrected chi connectivity index (χ1v) is 9.94. The van der Waals surface area contributed by atoms with E-state index < -0.39 is 10.1 Å². The average Bonchev–Trinajstić information content (AvgIpc) is 2.61. The molecule has 0 saturated heterocycles. The molecule has 0 bridgehead atoms. The Balaban J connectivity index is 0.00000163. The summed E-state index contributed by atoms with van der Waals surface area (Å²) in [7, 11) is -4.58. The van der Waals surface area contributed by atoms with Crippen molar-refractivity contribution in [3.8, 4) is 0 Å². The summed E-state index contributed by atoms with van der Waals surface area (Å²) < 4.78 is 38.6. The van der Waals surface area contributed by atoms with E-state index in [0.29, 0.717) is 16.0 Å². The fourth-order valence-electron chi connectivity index (χ4n) is 2.08. The van der Waals surface area contributed by atoms with E-state index in [9.17, 15) is 18.2 Å². The molecule has 0 heterocycles. The number of rotatable bonds is 6. The molecule has 0 N–H and O–H groups in total. The lowest BCUT2D eigenvalue weighted by molar-refractivity contribution is -0.777. The summed E-state index contributed by atoms with van der Waals surface area (Å²) in [5.41, 5.74) is 2.59. The predicted molar refractivity (Wildman–Crippen MR) is 98.6 cm³/mol. The second-order valence-corrected chi connectivity index (χ2v) is 7.18. The van der Waals surface area contributed by atoms with Crippen LogP contribution in [-0.4, -0.2) is 13.0 Å². The van der Waals surface area contributed by atoms with E-state index in [1.807, 2.05) is 26.8 Å². The molecule has 0 fully saturated rings. The Morgan fingerprint density at radius 1 is 0.962 bits per heavy atom. The summed E-state index contributed by atoms with van der Waals surface area (Å²) in [6, 6.07) is 10.0. The minimum atomic E-state index is -4.58. The second kappa shape index (κ2) is 10.5. The monoisotopic (exact) mass is 396 g/mol. The highest BCUT2D eigenvalue weighted by Gasteiger charge is 2.08. The van der Waals surface area contributed by atoms with E-state index in [4.69, 9.17) is 0 Å². The van der Waals surface area contributed by atoms with Crippen LogP contribution in [0.15, 0.2) is 46.2 Å². The Morgan fingerprint density at radius 3 is 2.08 bits per heavy atom. The van der Waals surface area contributed by atoms with Crippen molar-refractivity contribution in [1.29, 1.82) is 0 Å². The lowest BCUT2D eigenvalue weighted by Crippen LogP contribution is -2.02. The molecule has 0 unspecified atom stereocenters. The minimum Gasteiger partial charge on any atom is -0.744 e. The molecule has 26 heavy (non-hydrogen) atoms. The van der Waals surface area contributed by atoms with Crippen LogP contribution in [0.5, 0.6) is 0 Å². The van der Waals surface area contributed by atoms with Crippen molar-refractivity contribution >= 4 is 34.3 Å². The van der Waals surface area contributed by atoms with Gasteiger partial charge in [-0.05, 0) is 48.2 Å². The van der Waals surface area contributed by atoms with Crippen molar-refractivity contribution in [2.75, 3.05) is 0 Å². The van der Waals surface area contributed by atoms with Crippen LogP contribution < -0.4 is 5.26 Å². The van der Waals surface area contributed by atoms with Crippen molar-refractivity contribution in [2.24, 2.45) is 0 Å². The van der Waals surface area contributed by atoms with Gasteiger partial charge in [0.15, 0.2) is 0 Å². The van der Waals surface area contributed by atoms with E-state index >= 15 is 0 Å². The molecule has 142 valence electrons. The predicted octanol–water partition coefficient (Wildman–Crippen LogP) is 3.63. The van der Waals surface area contributed by atoms with Crippen molar-refractivity contribution in [3.63, 3.8) is 0 Å². The lowest BCUT2D eigenvalue weighted by atomic mass is 10.1. The molecule has 6 nitrogen and oxygen atoms in total. The fraction of sp³-hybridized carbons (Fsp3) is 0.222. The van der Waals surface area contributed by atoms with Gasteiger partial charge in [0.1, 0.15) is 10.1 Å². The quantitative estimate of drug-likeness (QED) is 0.242. The van der Waals surface area contributed by atoms with Gasteiger partial charge in [0.25, 0.3) is 0 Å². The molecule has 0 radical (unpaired) electrons. The van der Waals surface area contributed by atoms with Gasteiger partial charge in [0.05, 0.1) is 16.9 Å². The number of hydrogen-bond donors (Lipinski definition) is 0.